The molecule has 1 aromatic carbocycles. The average molecular weight is 364 g/mol. The van der Waals surface area contributed by atoms with Crippen LogP contribution in [-0.4, -0.2) is 51.4 Å². The zero-order valence-corrected chi connectivity index (χ0v) is 15.8. The second kappa shape index (κ2) is 10.4. The molecule has 1 aliphatic heterocycles. The lowest BCUT2D eigenvalue weighted by Gasteiger charge is -2.26. The molecule has 0 aromatic heterocycles. The average Bonchev–Trinajstić information content (AvgIpc) is 2.96. The molecule has 6 nitrogen and oxygen atoms in total. The molecule has 144 valence electrons. The number of cyclic esters (lactones) is 1. The van der Waals surface area contributed by atoms with Gasteiger partial charge in [-0.15, -0.1) is 0 Å². The van der Waals surface area contributed by atoms with Crippen molar-refractivity contribution in [3.8, 4) is 0 Å². The second-order valence-electron chi connectivity index (χ2n) is 6.49. The van der Waals surface area contributed by atoms with E-state index in [9.17, 15) is 4.79 Å². The van der Waals surface area contributed by atoms with E-state index in [4.69, 9.17) is 23.7 Å². The Balaban J connectivity index is 2.16. The molecular formula is C20H28O6. The summed E-state index contributed by atoms with van der Waals surface area (Å²) >= 11 is 0. The van der Waals surface area contributed by atoms with E-state index in [1.54, 1.807) is 7.11 Å². The first-order chi connectivity index (χ1) is 12.6. The predicted octanol–water partition coefficient (Wildman–Crippen LogP) is 2.71. The number of benzene rings is 1. The molecule has 0 radical (unpaired) electrons. The molecule has 0 N–H and O–H groups in total. The third-order valence-corrected chi connectivity index (χ3v) is 4.03. The quantitative estimate of drug-likeness (QED) is 0.361. The topological polar surface area (TPSA) is 63.2 Å². The Hall–Kier alpha value is -1.73. The van der Waals surface area contributed by atoms with Gasteiger partial charge in [-0.2, -0.15) is 0 Å². The molecular weight excluding hydrogens is 336 g/mol. The molecule has 1 saturated heterocycles. The minimum Gasteiger partial charge on any atom is -0.454 e. The van der Waals surface area contributed by atoms with Gasteiger partial charge >= 0.3 is 5.97 Å². The van der Waals surface area contributed by atoms with E-state index in [2.05, 4.69) is 13.8 Å². The zero-order chi connectivity index (χ0) is 18.9. The number of carbonyl (C=O) groups is 1. The normalized spacial score (nSPS) is 24.3. The van der Waals surface area contributed by atoms with Crippen LogP contribution in [0.25, 0.3) is 0 Å². The minimum atomic E-state index is -0.787. The van der Waals surface area contributed by atoms with Gasteiger partial charge in [0, 0.05) is 14.2 Å². The Morgan fingerprint density at radius 1 is 1.15 bits per heavy atom. The Kier molecular flexibility index (Phi) is 8.25. The Morgan fingerprint density at radius 3 is 2.50 bits per heavy atom. The standard InChI is InChI=1S/C20H28O6/c1-14(2)10-11-16(25-13-22-3)17-18(19(23-4)20(21)26-17)24-12-15-8-6-5-7-9-15/h5-11,14,16-19H,12-13H2,1-4H3/b11-10+/t16-,17+,18+,19+/m0/s1. The molecule has 0 saturated carbocycles. The summed E-state index contributed by atoms with van der Waals surface area (Å²) in [6, 6.07) is 9.75. The van der Waals surface area contributed by atoms with Crippen LogP contribution in [0.1, 0.15) is 19.4 Å². The van der Waals surface area contributed by atoms with Crippen molar-refractivity contribution in [1.82, 2.24) is 0 Å². The van der Waals surface area contributed by atoms with Crippen LogP contribution in [0.2, 0.25) is 0 Å². The lowest BCUT2D eigenvalue weighted by atomic mass is 10.0. The van der Waals surface area contributed by atoms with E-state index >= 15 is 0 Å². The molecule has 26 heavy (non-hydrogen) atoms. The van der Waals surface area contributed by atoms with Gasteiger partial charge in [0.15, 0.2) is 12.2 Å². The SMILES string of the molecule is COCO[C@@H](/C=C/C(C)C)[C@H]1OC(=O)[C@H](OC)[C@@H]1OCc1ccccc1. The van der Waals surface area contributed by atoms with Gasteiger partial charge in [-0.25, -0.2) is 4.79 Å². The summed E-state index contributed by atoms with van der Waals surface area (Å²) in [6.07, 6.45) is 1.43. The maximum absolute atomic E-state index is 12.2. The summed E-state index contributed by atoms with van der Waals surface area (Å²) in [5.41, 5.74) is 1.01. The molecule has 0 aliphatic carbocycles. The van der Waals surface area contributed by atoms with Gasteiger partial charge in [0.1, 0.15) is 19.0 Å². The highest BCUT2D eigenvalue weighted by Crippen LogP contribution is 2.27. The first-order valence-electron chi connectivity index (χ1n) is 8.74. The molecule has 2 rings (SSSR count). The lowest BCUT2D eigenvalue weighted by Crippen LogP contribution is -2.42. The van der Waals surface area contributed by atoms with Gasteiger partial charge in [0.05, 0.1) is 6.61 Å². The molecule has 1 fully saturated rings. The van der Waals surface area contributed by atoms with Gasteiger partial charge in [0.2, 0.25) is 0 Å². The molecule has 6 heteroatoms. The summed E-state index contributed by atoms with van der Waals surface area (Å²) in [4.78, 5) is 12.2. The first kappa shape index (κ1) is 20.6. The van der Waals surface area contributed by atoms with Crippen molar-refractivity contribution in [2.24, 2.45) is 5.92 Å². The summed E-state index contributed by atoms with van der Waals surface area (Å²) in [5, 5.41) is 0. The predicted molar refractivity (Wildman–Crippen MR) is 96.4 cm³/mol. The monoisotopic (exact) mass is 364 g/mol. The summed E-state index contributed by atoms with van der Waals surface area (Å²) < 4.78 is 27.6. The number of hydrogen-bond acceptors (Lipinski definition) is 6. The zero-order valence-electron chi connectivity index (χ0n) is 15.8. The van der Waals surface area contributed by atoms with Crippen molar-refractivity contribution in [2.75, 3.05) is 21.0 Å². The molecule has 0 spiro atoms. The molecule has 0 bridgehead atoms. The Labute approximate surface area is 155 Å². The van der Waals surface area contributed by atoms with Gasteiger partial charge in [-0.1, -0.05) is 56.3 Å². The van der Waals surface area contributed by atoms with Crippen LogP contribution >= 0.6 is 0 Å². The van der Waals surface area contributed by atoms with Crippen molar-refractivity contribution in [2.45, 2.75) is 44.9 Å². The summed E-state index contributed by atoms with van der Waals surface area (Å²) in [7, 11) is 3.02. The first-order valence-corrected chi connectivity index (χ1v) is 8.74. The molecule has 0 amide bonds. The van der Waals surface area contributed by atoms with E-state index < -0.39 is 30.4 Å². The lowest BCUT2D eigenvalue weighted by molar-refractivity contribution is -0.155. The van der Waals surface area contributed by atoms with E-state index in [1.807, 2.05) is 42.5 Å². The van der Waals surface area contributed by atoms with Crippen LogP contribution in [0.15, 0.2) is 42.5 Å². The van der Waals surface area contributed by atoms with Crippen LogP contribution in [0.3, 0.4) is 0 Å². The van der Waals surface area contributed by atoms with Gasteiger partial charge < -0.3 is 23.7 Å². The van der Waals surface area contributed by atoms with Crippen molar-refractivity contribution in [3.63, 3.8) is 0 Å². The van der Waals surface area contributed by atoms with Crippen molar-refractivity contribution >= 4 is 5.97 Å². The third kappa shape index (κ3) is 5.64. The van der Waals surface area contributed by atoms with Crippen LogP contribution in [0.5, 0.6) is 0 Å². The molecule has 1 aliphatic rings. The van der Waals surface area contributed by atoms with Gasteiger partial charge in [-0.05, 0) is 11.5 Å². The van der Waals surface area contributed by atoms with E-state index in [0.29, 0.717) is 12.5 Å². The van der Waals surface area contributed by atoms with Gasteiger partial charge in [0.25, 0.3) is 0 Å². The fourth-order valence-corrected chi connectivity index (χ4v) is 2.75. The molecule has 1 aromatic rings. The van der Waals surface area contributed by atoms with Crippen molar-refractivity contribution in [1.29, 1.82) is 0 Å². The molecule has 1 heterocycles. The number of rotatable bonds is 10. The summed E-state index contributed by atoms with van der Waals surface area (Å²) in [5.74, 6) is -0.109. The third-order valence-electron chi connectivity index (χ3n) is 4.03. The number of methoxy groups -OCH3 is 2. The van der Waals surface area contributed by atoms with E-state index in [0.717, 1.165) is 5.56 Å². The van der Waals surface area contributed by atoms with E-state index in [-0.39, 0.29) is 6.79 Å². The van der Waals surface area contributed by atoms with E-state index in [1.165, 1.54) is 7.11 Å². The number of carbonyl (C=O) groups excluding carboxylic acids is 1. The Bertz CT molecular complexity index is 571. The van der Waals surface area contributed by atoms with Crippen molar-refractivity contribution < 1.29 is 28.5 Å². The van der Waals surface area contributed by atoms with Crippen LogP contribution in [0, 0.1) is 5.92 Å². The maximum atomic E-state index is 12.2. The van der Waals surface area contributed by atoms with Crippen LogP contribution in [0.4, 0.5) is 0 Å². The Morgan fingerprint density at radius 2 is 1.88 bits per heavy atom. The van der Waals surface area contributed by atoms with Crippen molar-refractivity contribution in [3.05, 3.63) is 48.0 Å². The van der Waals surface area contributed by atoms with Crippen LogP contribution < -0.4 is 0 Å². The highest BCUT2D eigenvalue weighted by Gasteiger charge is 2.49. The summed E-state index contributed by atoms with van der Waals surface area (Å²) in [6.45, 7) is 4.56. The number of esters is 1. The smallest absolute Gasteiger partial charge is 0.338 e. The fourth-order valence-electron chi connectivity index (χ4n) is 2.75. The number of hydrogen-bond donors (Lipinski definition) is 0. The molecule has 4 atom stereocenters. The highest BCUT2D eigenvalue weighted by atomic mass is 16.7. The molecule has 0 unspecified atom stereocenters. The number of allylic oxidation sites excluding steroid dienone is 1. The maximum Gasteiger partial charge on any atom is 0.338 e. The second-order valence-corrected chi connectivity index (χ2v) is 6.49. The minimum absolute atomic E-state index is 0.0875. The largest absolute Gasteiger partial charge is 0.454 e. The fraction of sp³-hybridized carbons (Fsp3) is 0.550. The number of ether oxygens (including phenoxy) is 5. The van der Waals surface area contributed by atoms with Gasteiger partial charge in [-0.3, -0.25) is 0 Å². The highest BCUT2D eigenvalue weighted by molar-refractivity contribution is 5.78. The van der Waals surface area contributed by atoms with Crippen LogP contribution in [-0.2, 0) is 35.1 Å².